The number of halogens is 1. The van der Waals surface area contributed by atoms with Crippen molar-refractivity contribution in [1.29, 1.82) is 0 Å². The molecule has 6 heteroatoms. The van der Waals surface area contributed by atoms with Gasteiger partial charge in [-0.1, -0.05) is 11.6 Å². The molecule has 0 saturated carbocycles. The number of rotatable bonds is 4. The van der Waals surface area contributed by atoms with Crippen molar-refractivity contribution in [2.75, 3.05) is 13.2 Å². The first-order valence-electron chi connectivity index (χ1n) is 6.72. The van der Waals surface area contributed by atoms with Crippen molar-refractivity contribution in [3.8, 4) is 0 Å². The molecule has 1 heterocycles. The topological polar surface area (TPSA) is 75.6 Å². The van der Waals surface area contributed by atoms with E-state index in [1.807, 2.05) is 13.8 Å². The summed E-state index contributed by atoms with van der Waals surface area (Å²) in [7, 11) is 0. The molecule has 21 heavy (non-hydrogen) atoms. The molecule has 1 atom stereocenters. The molecule has 1 aliphatic heterocycles. The number of carbonyl (C=O) groups excluding carboxylic acids is 1. The third-order valence-electron chi connectivity index (χ3n) is 3.80. The van der Waals surface area contributed by atoms with Gasteiger partial charge in [0, 0.05) is 6.61 Å². The van der Waals surface area contributed by atoms with Crippen LogP contribution in [0.1, 0.15) is 34.3 Å². The largest absolute Gasteiger partial charge is 0.481 e. The molecule has 1 aromatic rings. The van der Waals surface area contributed by atoms with Crippen LogP contribution in [-0.2, 0) is 9.53 Å². The maximum Gasteiger partial charge on any atom is 0.305 e. The maximum atomic E-state index is 12.4. The summed E-state index contributed by atoms with van der Waals surface area (Å²) >= 11 is 6.12. The molecule has 0 aromatic heterocycles. The Kier molecular flexibility index (Phi) is 4.54. The van der Waals surface area contributed by atoms with Gasteiger partial charge in [0.25, 0.3) is 5.91 Å². The fourth-order valence-electron chi connectivity index (χ4n) is 2.44. The third-order valence-corrected chi connectivity index (χ3v) is 4.11. The van der Waals surface area contributed by atoms with E-state index in [2.05, 4.69) is 5.32 Å². The second kappa shape index (κ2) is 6.03. The zero-order chi connectivity index (χ0) is 15.6. The molecule has 114 valence electrons. The molecule has 1 aromatic carbocycles. The Balaban J connectivity index is 2.24. The average Bonchev–Trinajstić information content (AvgIpc) is 2.80. The Morgan fingerprint density at radius 1 is 1.38 bits per heavy atom. The molecule has 0 radical (unpaired) electrons. The van der Waals surface area contributed by atoms with Gasteiger partial charge < -0.3 is 15.2 Å². The van der Waals surface area contributed by atoms with Gasteiger partial charge in [-0.05, 0) is 43.5 Å². The molecule has 1 saturated heterocycles. The Hall–Kier alpha value is -1.59. The average molecular weight is 312 g/mol. The summed E-state index contributed by atoms with van der Waals surface area (Å²) in [5.41, 5.74) is 1.46. The van der Waals surface area contributed by atoms with Gasteiger partial charge >= 0.3 is 5.97 Å². The number of benzene rings is 1. The second-order valence-electron chi connectivity index (χ2n) is 5.52. The van der Waals surface area contributed by atoms with Crippen LogP contribution in [0.25, 0.3) is 0 Å². The van der Waals surface area contributed by atoms with E-state index in [0.717, 1.165) is 11.1 Å². The lowest BCUT2D eigenvalue weighted by Gasteiger charge is -2.27. The van der Waals surface area contributed by atoms with Gasteiger partial charge in [0.15, 0.2) is 0 Å². The molecule has 5 nitrogen and oxygen atoms in total. The smallest absolute Gasteiger partial charge is 0.305 e. The Bertz CT molecular complexity index is 579. The van der Waals surface area contributed by atoms with E-state index in [-0.39, 0.29) is 18.9 Å². The monoisotopic (exact) mass is 311 g/mol. The van der Waals surface area contributed by atoms with Crippen molar-refractivity contribution in [1.82, 2.24) is 5.32 Å². The molecule has 0 spiro atoms. The summed E-state index contributed by atoms with van der Waals surface area (Å²) in [5.74, 6) is -1.33. The number of amides is 1. The third kappa shape index (κ3) is 3.54. The van der Waals surface area contributed by atoms with Crippen LogP contribution in [0.4, 0.5) is 0 Å². The minimum Gasteiger partial charge on any atom is -0.481 e. The lowest BCUT2D eigenvalue weighted by molar-refractivity contribution is -0.138. The van der Waals surface area contributed by atoms with E-state index in [1.165, 1.54) is 0 Å². The number of aryl methyl sites for hydroxylation is 2. The van der Waals surface area contributed by atoms with Gasteiger partial charge in [-0.15, -0.1) is 0 Å². The highest BCUT2D eigenvalue weighted by atomic mass is 35.5. The van der Waals surface area contributed by atoms with E-state index in [4.69, 9.17) is 21.4 Å². The lowest BCUT2D eigenvalue weighted by Crippen LogP contribution is -2.50. The standard InChI is InChI=1S/C15H18ClNO4/c1-9-5-11(12(16)6-10(9)2)14(20)17-15(7-13(18)19)3-4-21-8-15/h5-6H,3-4,7-8H2,1-2H3,(H,17,20)(H,18,19). The Morgan fingerprint density at radius 3 is 2.62 bits per heavy atom. The van der Waals surface area contributed by atoms with Gasteiger partial charge in [0.05, 0.1) is 29.2 Å². The molecule has 2 rings (SSSR count). The van der Waals surface area contributed by atoms with Gasteiger partial charge in [0.1, 0.15) is 0 Å². The van der Waals surface area contributed by atoms with E-state index < -0.39 is 11.5 Å². The van der Waals surface area contributed by atoms with Crippen molar-refractivity contribution in [3.63, 3.8) is 0 Å². The predicted molar refractivity (Wildman–Crippen MR) is 78.8 cm³/mol. The molecule has 1 aliphatic rings. The summed E-state index contributed by atoms with van der Waals surface area (Å²) in [6.45, 7) is 4.45. The summed E-state index contributed by atoms with van der Waals surface area (Å²) < 4.78 is 5.26. The lowest BCUT2D eigenvalue weighted by atomic mass is 9.93. The van der Waals surface area contributed by atoms with E-state index in [9.17, 15) is 9.59 Å². The highest BCUT2D eigenvalue weighted by Gasteiger charge is 2.39. The molecular weight excluding hydrogens is 294 g/mol. The molecule has 1 unspecified atom stereocenters. The Labute approximate surface area is 128 Å². The highest BCUT2D eigenvalue weighted by Crippen LogP contribution is 2.26. The van der Waals surface area contributed by atoms with Crippen LogP contribution < -0.4 is 5.32 Å². The maximum absolute atomic E-state index is 12.4. The van der Waals surface area contributed by atoms with Gasteiger partial charge in [-0.2, -0.15) is 0 Å². The Morgan fingerprint density at radius 2 is 2.05 bits per heavy atom. The second-order valence-corrected chi connectivity index (χ2v) is 5.93. The van der Waals surface area contributed by atoms with Crippen molar-refractivity contribution >= 4 is 23.5 Å². The van der Waals surface area contributed by atoms with Crippen LogP contribution in [-0.4, -0.2) is 35.7 Å². The summed E-state index contributed by atoms with van der Waals surface area (Å²) in [5, 5.41) is 12.2. The van der Waals surface area contributed by atoms with Crippen molar-refractivity contribution in [2.45, 2.75) is 32.2 Å². The van der Waals surface area contributed by atoms with Crippen LogP contribution in [0.15, 0.2) is 12.1 Å². The molecule has 0 aliphatic carbocycles. The van der Waals surface area contributed by atoms with Gasteiger partial charge in [-0.3, -0.25) is 9.59 Å². The van der Waals surface area contributed by atoms with Crippen LogP contribution in [0.3, 0.4) is 0 Å². The van der Waals surface area contributed by atoms with E-state index in [0.29, 0.717) is 23.6 Å². The van der Waals surface area contributed by atoms with Gasteiger partial charge in [-0.25, -0.2) is 0 Å². The zero-order valence-electron chi connectivity index (χ0n) is 12.0. The number of ether oxygens (including phenoxy) is 1. The van der Waals surface area contributed by atoms with Crippen LogP contribution in [0.5, 0.6) is 0 Å². The predicted octanol–water partition coefficient (Wildman–Crippen LogP) is 2.32. The number of carboxylic acid groups (broad SMARTS) is 1. The number of hydrogen-bond acceptors (Lipinski definition) is 3. The molecule has 1 amide bonds. The van der Waals surface area contributed by atoms with Crippen LogP contribution in [0.2, 0.25) is 5.02 Å². The normalized spacial score (nSPS) is 21.3. The highest BCUT2D eigenvalue weighted by molar-refractivity contribution is 6.34. The molecular formula is C15H18ClNO4. The van der Waals surface area contributed by atoms with E-state index in [1.54, 1.807) is 12.1 Å². The van der Waals surface area contributed by atoms with Crippen LogP contribution >= 0.6 is 11.6 Å². The van der Waals surface area contributed by atoms with Crippen molar-refractivity contribution in [2.24, 2.45) is 0 Å². The van der Waals surface area contributed by atoms with Crippen molar-refractivity contribution < 1.29 is 19.4 Å². The summed E-state index contributed by atoms with van der Waals surface area (Å²) in [6, 6.07) is 3.46. The first kappa shape index (κ1) is 15.8. The number of carboxylic acids is 1. The van der Waals surface area contributed by atoms with Gasteiger partial charge in [0.2, 0.25) is 0 Å². The molecule has 1 fully saturated rings. The first-order valence-corrected chi connectivity index (χ1v) is 7.10. The zero-order valence-corrected chi connectivity index (χ0v) is 12.8. The summed E-state index contributed by atoms with van der Waals surface area (Å²) in [6.07, 6.45) is 0.314. The number of nitrogens with one attached hydrogen (secondary N) is 1. The summed E-state index contributed by atoms with van der Waals surface area (Å²) in [4.78, 5) is 23.4. The number of hydrogen-bond donors (Lipinski definition) is 2. The quantitative estimate of drug-likeness (QED) is 0.895. The van der Waals surface area contributed by atoms with Crippen LogP contribution in [0, 0.1) is 13.8 Å². The number of aliphatic carboxylic acids is 1. The fraction of sp³-hybridized carbons (Fsp3) is 0.467. The SMILES string of the molecule is Cc1cc(Cl)c(C(=O)NC2(CC(=O)O)CCOC2)cc1C. The molecule has 0 bridgehead atoms. The van der Waals surface area contributed by atoms with E-state index >= 15 is 0 Å². The minimum absolute atomic E-state index is 0.165. The van der Waals surface area contributed by atoms with Crippen molar-refractivity contribution in [3.05, 3.63) is 33.8 Å². The first-order chi connectivity index (χ1) is 9.83. The fourth-order valence-corrected chi connectivity index (χ4v) is 2.75. The molecule has 2 N–H and O–H groups in total. The number of carbonyl (C=O) groups is 2. The minimum atomic E-state index is -0.966.